The number of nitrogens with zero attached hydrogens (tertiary/aromatic N) is 4. The first kappa shape index (κ1) is 17.9. The number of ether oxygens (including phenoxy) is 1. The number of hydrogen-bond donors (Lipinski definition) is 0. The Balaban J connectivity index is 1.46. The van der Waals surface area contributed by atoms with E-state index in [4.69, 9.17) is 10.00 Å². The van der Waals surface area contributed by atoms with Gasteiger partial charge in [0, 0.05) is 24.5 Å². The van der Waals surface area contributed by atoms with Crippen LogP contribution in [0.15, 0.2) is 18.6 Å². The maximum Gasteiger partial charge on any atom is 0.359 e. The van der Waals surface area contributed by atoms with Crippen molar-refractivity contribution in [3.8, 4) is 6.07 Å². The molecular formula is C20H24N4O3. The molecule has 7 nitrogen and oxygen atoms in total. The van der Waals surface area contributed by atoms with Gasteiger partial charge in [-0.05, 0) is 56.3 Å². The zero-order chi connectivity index (χ0) is 18.9. The predicted molar refractivity (Wildman–Crippen MR) is 95.2 cm³/mol. The van der Waals surface area contributed by atoms with Gasteiger partial charge in [0.05, 0.1) is 18.7 Å². The quantitative estimate of drug-likeness (QED) is 0.715. The first-order chi connectivity index (χ1) is 13.1. The van der Waals surface area contributed by atoms with E-state index in [1.165, 1.54) is 37.9 Å². The third-order valence-electron chi connectivity index (χ3n) is 6.43. The van der Waals surface area contributed by atoms with E-state index in [0.29, 0.717) is 30.7 Å². The number of amides is 1. The number of hydrogen-bond acceptors (Lipinski definition) is 6. The highest BCUT2D eigenvalue weighted by atomic mass is 16.5. The Kier molecular flexibility index (Phi) is 4.81. The molecule has 1 aromatic rings. The lowest BCUT2D eigenvalue weighted by Crippen LogP contribution is -2.62. The molecule has 0 N–H and O–H groups in total. The summed E-state index contributed by atoms with van der Waals surface area (Å²) in [7, 11) is 0. The van der Waals surface area contributed by atoms with Crippen LogP contribution in [0.3, 0.4) is 0 Å². The molecule has 4 aliphatic rings. The lowest BCUT2D eigenvalue weighted by molar-refractivity contribution is -0.153. The molecule has 142 valence electrons. The minimum absolute atomic E-state index is 0.0867. The summed E-state index contributed by atoms with van der Waals surface area (Å²) in [4.78, 5) is 34.7. The van der Waals surface area contributed by atoms with Crippen molar-refractivity contribution in [1.29, 1.82) is 5.26 Å². The standard InChI is InChI=1S/C20H24N4O3/c21-2-1-5-24(18(25)13-27-19(26)17-12-22-3-4-23-17)20-9-14-6-15(10-20)8-16(7-14)11-20/h3-4,12,14-16H,1,5-11,13H2. The van der Waals surface area contributed by atoms with Crippen LogP contribution in [0.1, 0.15) is 55.4 Å². The van der Waals surface area contributed by atoms with Crippen molar-refractivity contribution in [1.82, 2.24) is 14.9 Å². The van der Waals surface area contributed by atoms with Crippen LogP contribution in [0.25, 0.3) is 0 Å². The Hall–Kier alpha value is -2.49. The first-order valence-corrected chi connectivity index (χ1v) is 9.70. The topological polar surface area (TPSA) is 96.2 Å². The van der Waals surface area contributed by atoms with E-state index in [2.05, 4.69) is 16.0 Å². The highest BCUT2D eigenvalue weighted by Crippen LogP contribution is 2.57. The summed E-state index contributed by atoms with van der Waals surface area (Å²) in [6, 6.07) is 2.16. The minimum Gasteiger partial charge on any atom is -0.451 e. The molecular weight excluding hydrogens is 344 g/mol. The van der Waals surface area contributed by atoms with Gasteiger partial charge in [-0.3, -0.25) is 9.78 Å². The van der Waals surface area contributed by atoms with E-state index in [1.54, 1.807) is 0 Å². The molecule has 0 atom stereocenters. The second-order valence-electron chi connectivity index (χ2n) is 8.26. The average molecular weight is 368 g/mol. The Bertz CT molecular complexity index is 723. The summed E-state index contributed by atoms with van der Waals surface area (Å²) in [6.07, 6.45) is 11.4. The number of nitriles is 1. The normalized spacial score (nSPS) is 30.6. The van der Waals surface area contributed by atoms with Gasteiger partial charge in [0.2, 0.25) is 0 Å². The molecule has 1 heterocycles. The zero-order valence-electron chi connectivity index (χ0n) is 15.3. The van der Waals surface area contributed by atoms with Gasteiger partial charge in [-0.25, -0.2) is 9.78 Å². The fraction of sp³-hybridized carbons (Fsp3) is 0.650. The van der Waals surface area contributed by atoms with Gasteiger partial charge in [-0.1, -0.05) is 0 Å². The van der Waals surface area contributed by atoms with Crippen LogP contribution in [0, 0.1) is 29.1 Å². The highest BCUT2D eigenvalue weighted by Gasteiger charge is 2.54. The average Bonchev–Trinajstić information content (AvgIpc) is 2.66. The fourth-order valence-corrected chi connectivity index (χ4v) is 5.87. The number of carbonyl (C=O) groups excluding carboxylic acids is 2. The van der Waals surface area contributed by atoms with Crippen LogP contribution in [0.2, 0.25) is 0 Å². The predicted octanol–water partition coefficient (Wildman–Crippen LogP) is 2.34. The van der Waals surface area contributed by atoms with Crippen molar-refractivity contribution in [2.75, 3.05) is 13.2 Å². The summed E-state index contributed by atoms with van der Waals surface area (Å²) >= 11 is 0. The second-order valence-corrected chi connectivity index (χ2v) is 8.26. The minimum atomic E-state index is -0.651. The van der Waals surface area contributed by atoms with Crippen molar-refractivity contribution in [3.63, 3.8) is 0 Å². The Morgan fingerprint density at radius 1 is 1.19 bits per heavy atom. The van der Waals surface area contributed by atoms with Crippen LogP contribution in [-0.2, 0) is 9.53 Å². The van der Waals surface area contributed by atoms with E-state index in [9.17, 15) is 9.59 Å². The molecule has 4 aliphatic carbocycles. The monoisotopic (exact) mass is 368 g/mol. The molecule has 7 heteroatoms. The summed E-state index contributed by atoms with van der Waals surface area (Å²) in [5.74, 6) is 1.22. The molecule has 0 radical (unpaired) electrons. The van der Waals surface area contributed by atoms with E-state index in [-0.39, 0.29) is 23.7 Å². The molecule has 27 heavy (non-hydrogen) atoms. The number of rotatable bonds is 6. The zero-order valence-corrected chi connectivity index (χ0v) is 15.3. The molecule has 0 spiro atoms. The molecule has 0 unspecified atom stereocenters. The molecule has 5 rings (SSSR count). The van der Waals surface area contributed by atoms with E-state index < -0.39 is 5.97 Å². The largest absolute Gasteiger partial charge is 0.451 e. The van der Waals surface area contributed by atoms with E-state index in [1.807, 2.05) is 4.90 Å². The number of aromatic nitrogens is 2. The lowest BCUT2D eigenvalue weighted by atomic mass is 9.52. The maximum absolute atomic E-state index is 13.0. The fourth-order valence-electron chi connectivity index (χ4n) is 5.87. The van der Waals surface area contributed by atoms with Gasteiger partial charge in [0.25, 0.3) is 5.91 Å². The molecule has 4 bridgehead atoms. The van der Waals surface area contributed by atoms with Crippen LogP contribution >= 0.6 is 0 Å². The second kappa shape index (κ2) is 7.26. The van der Waals surface area contributed by atoms with Gasteiger partial charge in [-0.2, -0.15) is 5.26 Å². The summed E-state index contributed by atoms with van der Waals surface area (Å²) in [5.41, 5.74) is -0.0644. The summed E-state index contributed by atoms with van der Waals surface area (Å²) in [6.45, 7) is 0.0901. The summed E-state index contributed by atoms with van der Waals surface area (Å²) < 4.78 is 5.20. The van der Waals surface area contributed by atoms with Gasteiger partial charge in [-0.15, -0.1) is 0 Å². The van der Waals surface area contributed by atoms with Crippen LogP contribution in [0.5, 0.6) is 0 Å². The van der Waals surface area contributed by atoms with Gasteiger partial charge < -0.3 is 9.64 Å². The van der Waals surface area contributed by atoms with E-state index in [0.717, 1.165) is 19.3 Å². The van der Waals surface area contributed by atoms with Crippen molar-refractivity contribution in [3.05, 3.63) is 24.3 Å². The van der Waals surface area contributed by atoms with Crippen LogP contribution in [-0.4, -0.2) is 45.4 Å². The molecule has 4 fully saturated rings. The highest BCUT2D eigenvalue weighted by molar-refractivity contribution is 5.89. The molecule has 1 amide bonds. The third kappa shape index (κ3) is 3.53. The molecule has 0 aliphatic heterocycles. The van der Waals surface area contributed by atoms with Crippen molar-refractivity contribution in [2.24, 2.45) is 17.8 Å². The number of esters is 1. The van der Waals surface area contributed by atoms with Crippen LogP contribution in [0.4, 0.5) is 0 Å². The molecule has 4 saturated carbocycles. The van der Waals surface area contributed by atoms with Gasteiger partial charge in [0.1, 0.15) is 0 Å². The van der Waals surface area contributed by atoms with Crippen molar-refractivity contribution >= 4 is 11.9 Å². The smallest absolute Gasteiger partial charge is 0.359 e. The van der Waals surface area contributed by atoms with Crippen LogP contribution < -0.4 is 0 Å². The molecule has 1 aromatic heterocycles. The Morgan fingerprint density at radius 2 is 1.85 bits per heavy atom. The first-order valence-electron chi connectivity index (χ1n) is 9.70. The maximum atomic E-state index is 13.0. The Labute approximate surface area is 158 Å². The summed E-state index contributed by atoms with van der Waals surface area (Å²) in [5, 5.41) is 9.06. The van der Waals surface area contributed by atoms with Gasteiger partial charge >= 0.3 is 5.97 Å². The SMILES string of the molecule is N#CCCN(C(=O)COC(=O)c1cnccn1)C12CC3CC(CC(C3)C1)C2. The van der Waals surface area contributed by atoms with E-state index >= 15 is 0 Å². The Morgan fingerprint density at radius 3 is 2.41 bits per heavy atom. The molecule has 0 saturated heterocycles. The molecule has 0 aromatic carbocycles. The van der Waals surface area contributed by atoms with Crippen molar-refractivity contribution in [2.45, 2.75) is 50.5 Å². The van der Waals surface area contributed by atoms with Crippen molar-refractivity contribution < 1.29 is 14.3 Å². The van der Waals surface area contributed by atoms with Gasteiger partial charge in [0.15, 0.2) is 12.3 Å². The third-order valence-corrected chi connectivity index (χ3v) is 6.43. The number of carbonyl (C=O) groups is 2. The lowest BCUT2D eigenvalue weighted by Gasteiger charge is -2.60.